The van der Waals surface area contributed by atoms with Crippen LogP contribution < -0.4 is 0 Å². The predicted molar refractivity (Wildman–Crippen MR) is 107 cm³/mol. The Hall–Kier alpha value is -2.95. The number of rotatable bonds is 9. The zero-order valence-corrected chi connectivity index (χ0v) is 15.7. The van der Waals surface area contributed by atoms with Crippen molar-refractivity contribution in [1.29, 1.82) is 0 Å². The van der Waals surface area contributed by atoms with Gasteiger partial charge in [-0.1, -0.05) is 43.7 Å². The molecule has 5 nitrogen and oxygen atoms in total. The summed E-state index contributed by atoms with van der Waals surface area (Å²) in [4.78, 5) is 12.7. The minimum atomic E-state index is -0.349. The molecule has 0 aliphatic heterocycles. The third kappa shape index (κ3) is 5.03. The minimum absolute atomic E-state index is 0.349. The SMILES string of the molecule is C=CC(=O)OCCCCCCc1ccc(C)cc1-n1nc2ccccc2n1. The van der Waals surface area contributed by atoms with Crippen molar-refractivity contribution in [2.24, 2.45) is 0 Å². The first-order valence-corrected chi connectivity index (χ1v) is 9.38. The van der Waals surface area contributed by atoms with Gasteiger partial charge in [-0.25, -0.2) is 4.79 Å². The van der Waals surface area contributed by atoms with Gasteiger partial charge in [0.25, 0.3) is 0 Å². The number of ether oxygens (including phenoxy) is 1. The predicted octanol–water partition coefficient (Wildman–Crippen LogP) is 4.56. The molecule has 0 unspecified atom stereocenters. The number of hydrogen-bond acceptors (Lipinski definition) is 4. The number of aryl methyl sites for hydroxylation is 2. The van der Waals surface area contributed by atoms with Gasteiger partial charge in [-0.15, -0.1) is 10.2 Å². The smallest absolute Gasteiger partial charge is 0.330 e. The topological polar surface area (TPSA) is 57.0 Å². The molecule has 140 valence electrons. The number of aromatic nitrogens is 3. The summed E-state index contributed by atoms with van der Waals surface area (Å²) in [5.74, 6) is -0.349. The van der Waals surface area contributed by atoms with Gasteiger partial charge in [0.15, 0.2) is 0 Å². The second-order valence-corrected chi connectivity index (χ2v) is 6.65. The minimum Gasteiger partial charge on any atom is -0.463 e. The van der Waals surface area contributed by atoms with Crippen molar-refractivity contribution < 1.29 is 9.53 Å². The molecular weight excluding hydrogens is 338 g/mol. The van der Waals surface area contributed by atoms with Crippen LogP contribution in [0.5, 0.6) is 0 Å². The quantitative estimate of drug-likeness (QED) is 0.318. The van der Waals surface area contributed by atoms with E-state index in [-0.39, 0.29) is 5.97 Å². The summed E-state index contributed by atoms with van der Waals surface area (Å²) in [5, 5.41) is 9.25. The highest BCUT2D eigenvalue weighted by Crippen LogP contribution is 2.20. The molecule has 0 N–H and O–H groups in total. The molecule has 0 fully saturated rings. The van der Waals surface area contributed by atoms with Gasteiger partial charge in [0.05, 0.1) is 12.3 Å². The van der Waals surface area contributed by atoms with Gasteiger partial charge in [-0.05, 0) is 55.5 Å². The third-order valence-corrected chi connectivity index (χ3v) is 4.49. The molecule has 3 rings (SSSR count). The maximum atomic E-state index is 11.0. The van der Waals surface area contributed by atoms with Crippen LogP contribution in [0, 0.1) is 6.92 Å². The largest absolute Gasteiger partial charge is 0.463 e. The lowest BCUT2D eigenvalue weighted by Crippen LogP contribution is -2.04. The number of nitrogens with zero attached hydrogens (tertiary/aromatic N) is 3. The van der Waals surface area contributed by atoms with E-state index in [9.17, 15) is 4.79 Å². The van der Waals surface area contributed by atoms with Crippen molar-refractivity contribution in [3.63, 3.8) is 0 Å². The lowest BCUT2D eigenvalue weighted by Gasteiger charge is -2.10. The number of hydrogen-bond donors (Lipinski definition) is 0. The first-order chi connectivity index (χ1) is 13.2. The average molecular weight is 363 g/mol. The van der Waals surface area contributed by atoms with E-state index in [2.05, 4.69) is 41.9 Å². The number of esters is 1. The number of benzene rings is 2. The average Bonchev–Trinajstić information content (AvgIpc) is 3.12. The van der Waals surface area contributed by atoms with Crippen molar-refractivity contribution in [3.05, 3.63) is 66.2 Å². The van der Waals surface area contributed by atoms with E-state index < -0.39 is 0 Å². The molecule has 0 atom stereocenters. The van der Waals surface area contributed by atoms with Crippen LogP contribution in [0.3, 0.4) is 0 Å². The standard InChI is InChI=1S/C22H25N3O2/c1-3-22(26)27-15-9-5-4-6-10-18-14-13-17(2)16-21(18)25-23-19-11-7-8-12-20(19)24-25/h3,7-8,11-14,16H,1,4-6,9-10,15H2,2H3. The summed E-state index contributed by atoms with van der Waals surface area (Å²) in [7, 11) is 0. The molecule has 0 spiro atoms. The summed E-state index contributed by atoms with van der Waals surface area (Å²) >= 11 is 0. The normalized spacial score (nSPS) is 10.9. The summed E-state index contributed by atoms with van der Waals surface area (Å²) in [6, 6.07) is 14.4. The molecule has 0 saturated heterocycles. The molecule has 1 heterocycles. The van der Waals surface area contributed by atoms with Gasteiger partial charge < -0.3 is 4.74 Å². The van der Waals surface area contributed by atoms with E-state index >= 15 is 0 Å². The zero-order chi connectivity index (χ0) is 19.1. The molecule has 0 bridgehead atoms. The maximum absolute atomic E-state index is 11.0. The molecule has 0 aliphatic carbocycles. The molecule has 3 aromatic rings. The Balaban J connectivity index is 1.59. The maximum Gasteiger partial charge on any atom is 0.330 e. The molecule has 1 aromatic heterocycles. The summed E-state index contributed by atoms with van der Waals surface area (Å²) in [5.41, 5.74) is 5.29. The molecular formula is C22H25N3O2. The van der Waals surface area contributed by atoms with Crippen LogP contribution in [0.1, 0.15) is 36.8 Å². The lowest BCUT2D eigenvalue weighted by atomic mass is 10.0. The van der Waals surface area contributed by atoms with Crippen LogP contribution in [0.4, 0.5) is 0 Å². The first kappa shape index (κ1) is 18.8. The van der Waals surface area contributed by atoms with Crippen molar-refractivity contribution in [3.8, 4) is 5.69 Å². The second kappa shape index (κ2) is 9.12. The van der Waals surface area contributed by atoms with Crippen molar-refractivity contribution >= 4 is 17.0 Å². The molecule has 0 amide bonds. The fraction of sp³-hybridized carbons (Fsp3) is 0.318. The zero-order valence-electron chi connectivity index (χ0n) is 15.7. The molecule has 0 aliphatic rings. The van der Waals surface area contributed by atoms with E-state index in [4.69, 9.17) is 4.74 Å². The highest BCUT2D eigenvalue weighted by atomic mass is 16.5. The number of unbranched alkanes of at least 4 members (excludes halogenated alkanes) is 3. The van der Waals surface area contributed by atoms with Crippen molar-refractivity contribution in [2.75, 3.05) is 6.61 Å². The molecule has 0 saturated carbocycles. The molecule has 5 heteroatoms. The Kier molecular flexibility index (Phi) is 6.36. The number of fused-ring (bicyclic) bond motifs is 1. The number of carbonyl (C=O) groups excluding carboxylic acids is 1. The Morgan fingerprint density at radius 2 is 1.78 bits per heavy atom. The fourth-order valence-electron chi connectivity index (χ4n) is 3.04. The Morgan fingerprint density at radius 1 is 1.07 bits per heavy atom. The van der Waals surface area contributed by atoms with Crippen LogP contribution in [-0.4, -0.2) is 27.6 Å². The van der Waals surface area contributed by atoms with Gasteiger partial charge in [0, 0.05) is 6.08 Å². The first-order valence-electron chi connectivity index (χ1n) is 9.38. The van der Waals surface area contributed by atoms with Gasteiger partial charge in [0.2, 0.25) is 0 Å². The van der Waals surface area contributed by atoms with Crippen LogP contribution in [0.15, 0.2) is 55.1 Å². The highest BCUT2D eigenvalue weighted by Gasteiger charge is 2.09. The summed E-state index contributed by atoms with van der Waals surface area (Å²) in [6.07, 6.45) is 6.26. The number of carbonyl (C=O) groups is 1. The second-order valence-electron chi connectivity index (χ2n) is 6.65. The van der Waals surface area contributed by atoms with E-state index in [0.717, 1.165) is 48.8 Å². The van der Waals surface area contributed by atoms with Crippen LogP contribution in [0.25, 0.3) is 16.7 Å². The molecule has 2 aromatic carbocycles. The van der Waals surface area contributed by atoms with Crippen molar-refractivity contribution in [1.82, 2.24) is 15.0 Å². The van der Waals surface area contributed by atoms with E-state index in [1.807, 2.05) is 24.3 Å². The van der Waals surface area contributed by atoms with Gasteiger partial charge in [-0.3, -0.25) is 0 Å². The molecule has 27 heavy (non-hydrogen) atoms. The summed E-state index contributed by atoms with van der Waals surface area (Å²) < 4.78 is 5.00. The third-order valence-electron chi connectivity index (χ3n) is 4.49. The Labute approximate surface area is 159 Å². The van der Waals surface area contributed by atoms with Crippen LogP contribution in [0.2, 0.25) is 0 Å². The fourth-order valence-corrected chi connectivity index (χ4v) is 3.04. The lowest BCUT2D eigenvalue weighted by molar-refractivity contribution is -0.137. The van der Waals surface area contributed by atoms with E-state index in [1.165, 1.54) is 17.2 Å². The Morgan fingerprint density at radius 3 is 2.48 bits per heavy atom. The van der Waals surface area contributed by atoms with Crippen LogP contribution in [-0.2, 0) is 16.0 Å². The van der Waals surface area contributed by atoms with E-state index in [1.54, 1.807) is 4.80 Å². The van der Waals surface area contributed by atoms with Crippen molar-refractivity contribution in [2.45, 2.75) is 39.0 Å². The Bertz CT molecular complexity index is 897. The van der Waals surface area contributed by atoms with Gasteiger partial charge in [-0.2, -0.15) is 4.80 Å². The highest BCUT2D eigenvalue weighted by molar-refractivity contribution is 5.81. The molecule has 0 radical (unpaired) electrons. The van der Waals surface area contributed by atoms with Gasteiger partial charge >= 0.3 is 5.97 Å². The van der Waals surface area contributed by atoms with Gasteiger partial charge in [0.1, 0.15) is 11.0 Å². The summed E-state index contributed by atoms with van der Waals surface area (Å²) in [6.45, 7) is 5.94. The van der Waals surface area contributed by atoms with Crippen LogP contribution >= 0.6 is 0 Å². The van der Waals surface area contributed by atoms with E-state index in [0.29, 0.717) is 6.61 Å². The monoisotopic (exact) mass is 363 g/mol.